The third-order valence-corrected chi connectivity index (χ3v) is 5.82. The molecule has 2 unspecified atom stereocenters. The summed E-state index contributed by atoms with van der Waals surface area (Å²) in [5, 5.41) is 2.95. The number of carbonyl (C=O) groups excluding carboxylic acids is 1. The van der Waals surface area contributed by atoms with Crippen molar-refractivity contribution in [1.82, 2.24) is 4.98 Å². The number of amides is 1. The van der Waals surface area contributed by atoms with E-state index in [1.807, 2.05) is 25.1 Å². The summed E-state index contributed by atoms with van der Waals surface area (Å²) < 4.78 is 11.0. The summed E-state index contributed by atoms with van der Waals surface area (Å²) in [6.07, 6.45) is 4.62. The van der Waals surface area contributed by atoms with Crippen LogP contribution in [0.1, 0.15) is 35.6 Å². The fraction of sp³-hybridized carbons (Fsp3) is 0.478. The number of aryl methyl sites for hydroxylation is 1. The number of methoxy groups -OCH3 is 1. The van der Waals surface area contributed by atoms with Gasteiger partial charge >= 0.3 is 0 Å². The number of hydrogen-bond donors (Lipinski definition) is 1. The number of anilines is 1. The Balaban J connectivity index is 1.74. The van der Waals surface area contributed by atoms with Gasteiger partial charge < -0.3 is 14.8 Å². The number of benzene rings is 1. The van der Waals surface area contributed by atoms with Crippen molar-refractivity contribution in [2.45, 2.75) is 40.0 Å². The zero-order valence-corrected chi connectivity index (χ0v) is 17.2. The smallest absolute Gasteiger partial charge is 0.228 e. The minimum atomic E-state index is -0.0760. The van der Waals surface area contributed by atoms with E-state index in [1.54, 1.807) is 13.3 Å². The van der Waals surface area contributed by atoms with Gasteiger partial charge in [0.1, 0.15) is 18.2 Å². The third-order valence-electron chi connectivity index (χ3n) is 5.82. The van der Waals surface area contributed by atoms with Crippen LogP contribution < -0.4 is 10.1 Å². The van der Waals surface area contributed by atoms with Gasteiger partial charge in [0.2, 0.25) is 5.91 Å². The van der Waals surface area contributed by atoms with E-state index >= 15 is 0 Å². The van der Waals surface area contributed by atoms with Gasteiger partial charge in [0.05, 0.1) is 6.61 Å². The first-order valence-electron chi connectivity index (χ1n) is 9.96. The number of fused-ring (bicyclic) bond motifs is 1. The molecular weight excluding hydrogens is 352 g/mol. The van der Waals surface area contributed by atoms with E-state index in [0.717, 1.165) is 25.0 Å². The highest BCUT2D eigenvalue weighted by atomic mass is 16.5. The molecule has 2 aromatic rings. The predicted molar refractivity (Wildman–Crippen MR) is 111 cm³/mol. The van der Waals surface area contributed by atoms with Crippen LogP contribution in [-0.4, -0.2) is 31.2 Å². The molecule has 0 saturated carbocycles. The lowest BCUT2D eigenvalue weighted by atomic mass is 9.74. The number of hydrogen-bond acceptors (Lipinski definition) is 4. The topological polar surface area (TPSA) is 60.5 Å². The van der Waals surface area contributed by atoms with Crippen LogP contribution in [0.15, 0.2) is 30.5 Å². The van der Waals surface area contributed by atoms with E-state index in [9.17, 15) is 4.79 Å². The molecule has 1 aromatic carbocycles. The van der Waals surface area contributed by atoms with E-state index in [1.165, 1.54) is 22.3 Å². The van der Waals surface area contributed by atoms with Gasteiger partial charge in [-0.1, -0.05) is 13.0 Å². The first kappa shape index (κ1) is 20.3. The summed E-state index contributed by atoms with van der Waals surface area (Å²) >= 11 is 0. The molecule has 1 N–H and O–H groups in total. The number of pyridine rings is 1. The predicted octanol–water partition coefficient (Wildman–Crippen LogP) is 4.10. The minimum absolute atomic E-state index is 0.0361. The molecule has 0 aliphatic heterocycles. The Morgan fingerprint density at radius 2 is 2.11 bits per heavy atom. The SMILES string of the molecule is COCCOc1cc(C)c2c(c1C)CC(C(C)C(=O)Nc1ccccn1)CC2. The van der Waals surface area contributed by atoms with Crippen molar-refractivity contribution < 1.29 is 14.3 Å². The molecule has 2 atom stereocenters. The van der Waals surface area contributed by atoms with Gasteiger partial charge in [-0.15, -0.1) is 0 Å². The van der Waals surface area contributed by atoms with Gasteiger partial charge in [0.25, 0.3) is 0 Å². The summed E-state index contributed by atoms with van der Waals surface area (Å²) in [5.74, 6) is 1.81. The Labute approximate surface area is 167 Å². The van der Waals surface area contributed by atoms with Crippen molar-refractivity contribution in [2.75, 3.05) is 25.6 Å². The molecule has 28 heavy (non-hydrogen) atoms. The monoisotopic (exact) mass is 382 g/mol. The number of ether oxygens (including phenoxy) is 2. The van der Waals surface area contributed by atoms with Crippen LogP contribution in [0.25, 0.3) is 0 Å². The summed E-state index contributed by atoms with van der Waals surface area (Å²) in [4.78, 5) is 16.9. The van der Waals surface area contributed by atoms with Gasteiger partial charge in [-0.2, -0.15) is 0 Å². The molecule has 150 valence electrons. The number of carbonyl (C=O) groups is 1. The van der Waals surface area contributed by atoms with Crippen molar-refractivity contribution in [1.29, 1.82) is 0 Å². The highest BCUT2D eigenvalue weighted by molar-refractivity contribution is 5.91. The molecular formula is C23H30N2O3. The van der Waals surface area contributed by atoms with E-state index in [2.05, 4.69) is 30.2 Å². The standard InChI is InChI=1S/C23H30N2O3/c1-15-13-21(28-12-11-27-4)17(3)20-14-18(8-9-19(15)20)16(2)23(26)25-22-7-5-6-10-24-22/h5-7,10,13,16,18H,8-9,11-12,14H2,1-4H3,(H,24,25,26). The van der Waals surface area contributed by atoms with Gasteiger partial charge in [0, 0.05) is 19.2 Å². The van der Waals surface area contributed by atoms with E-state index in [0.29, 0.717) is 24.9 Å². The molecule has 0 spiro atoms. The number of nitrogens with zero attached hydrogens (tertiary/aromatic N) is 1. The first-order valence-corrected chi connectivity index (χ1v) is 9.96. The second-order valence-corrected chi connectivity index (χ2v) is 7.61. The fourth-order valence-electron chi connectivity index (χ4n) is 4.03. The van der Waals surface area contributed by atoms with Crippen LogP contribution in [-0.2, 0) is 22.4 Å². The third kappa shape index (κ3) is 4.53. The Kier molecular flexibility index (Phi) is 6.68. The van der Waals surface area contributed by atoms with E-state index < -0.39 is 0 Å². The second-order valence-electron chi connectivity index (χ2n) is 7.61. The van der Waals surface area contributed by atoms with E-state index in [-0.39, 0.29) is 11.8 Å². The molecule has 3 rings (SSSR count). The Hall–Kier alpha value is -2.40. The average molecular weight is 383 g/mol. The molecule has 5 heteroatoms. The maximum absolute atomic E-state index is 12.7. The lowest BCUT2D eigenvalue weighted by molar-refractivity contribution is -0.121. The van der Waals surface area contributed by atoms with E-state index in [4.69, 9.17) is 9.47 Å². The van der Waals surface area contributed by atoms with Gasteiger partial charge in [-0.25, -0.2) is 4.98 Å². The van der Waals surface area contributed by atoms with Gasteiger partial charge in [-0.3, -0.25) is 4.79 Å². The molecule has 1 aliphatic carbocycles. The van der Waals surface area contributed by atoms with Crippen LogP contribution in [0.3, 0.4) is 0 Å². The Bertz CT molecular complexity index is 820. The summed E-state index contributed by atoms with van der Waals surface area (Å²) in [6, 6.07) is 7.68. The van der Waals surface area contributed by atoms with Crippen LogP contribution in [0.5, 0.6) is 5.75 Å². The Morgan fingerprint density at radius 1 is 1.29 bits per heavy atom. The summed E-state index contributed by atoms with van der Waals surface area (Å²) in [7, 11) is 1.68. The van der Waals surface area contributed by atoms with Crippen molar-refractivity contribution >= 4 is 11.7 Å². The molecule has 1 aromatic heterocycles. The number of nitrogens with one attached hydrogen (secondary N) is 1. The van der Waals surface area contributed by atoms with Crippen LogP contribution in [0.4, 0.5) is 5.82 Å². The zero-order chi connectivity index (χ0) is 20.1. The molecule has 0 saturated heterocycles. The maximum atomic E-state index is 12.7. The fourth-order valence-corrected chi connectivity index (χ4v) is 4.03. The summed E-state index contributed by atoms with van der Waals surface area (Å²) in [5.41, 5.74) is 5.24. The van der Waals surface area contributed by atoms with Gasteiger partial charge in [-0.05, 0) is 79.5 Å². The van der Waals surface area contributed by atoms with Crippen LogP contribution in [0.2, 0.25) is 0 Å². The minimum Gasteiger partial charge on any atom is -0.491 e. The highest BCUT2D eigenvalue weighted by Crippen LogP contribution is 2.37. The second kappa shape index (κ2) is 9.20. The summed E-state index contributed by atoms with van der Waals surface area (Å²) in [6.45, 7) is 7.42. The van der Waals surface area contributed by atoms with Crippen molar-refractivity contribution in [3.05, 3.63) is 52.7 Å². The first-order chi connectivity index (χ1) is 13.5. The highest BCUT2D eigenvalue weighted by Gasteiger charge is 2.30. The zero-order valence-electron chi connectivity index (χ0n) is 17.2. The lowest BCUT2D eigenvalue weighted by Crippen LogP contribution is -2.31. The quantitative estimate of drug-likeness (QED) is 0.733. The van der Waals surface area contributed by atoms with Crippen LogP contribution >= 0.6 is 0 Å². The molecule has 1 aliphatic rings. The molecule has 1 heterocycles. The molecule has 0 radical (unpaired) electrons. The number of rotatable bonds is 7. The van der Waals surface area contributed by atoms with Crippen molar-refractivity contribution in [3.63, 3.8) is 0 Å². The average Bonchev–Trinajstić information content (AvgIpc) is 2.71. The van der Waals surface area contributed by atoms with Crippen LogP contribution in [0, 0.1) is 25.7 Å². The normalized spacial score (nSPS) is 16.9. The molecule has 0 fully saturated rings. The largest absolute Gasteiger partial charge is 0.491 e. The van der Waals surface area contributed by atoms with Crippen molar-refractivity contribution in [2.24, 2.45) is 11.8 Å². The maximum Gasteiger partial charge on any atom is 0.228 e. The number of aromatic nitrogens is 1. The lowest BCUT2D eigenvalue weighted by Gasteiger charge is -2.31. The molecule has 5 nitrogen and oxygen atoms in total. The molecule has 1 amide bonds. The van der Waals surface area contributed by atoms with Crippen molar-refractivity contribution in [3.8, 4) is 5.75 Å². The van der Waals surface area contributed by atoms with Gasteiger partial charge in [0.15, 0.2) is 0 Å². The Morgan fingerprint density at radius 3 is 2.82 bits per heavy atom. The molecule has 0 bridgehead atoms.